The van der Waals surface area contributed by atoms with Crippen LogP contribution in [0.15, 0.2) is 47.6 Å². The third-order valence-corrected chi connectivity index (χ3v) is 5.64. The van der Waals surface area contributed by atoms with Crippen LogP contribution in [0.2, 0.25) is 5.02 Å². The van der Waals surface area contributed by atoms with Crippen molar-refractivity contribution in [2.45, 2.75) is 25.2 Å². The molecular formula is C20H16ClFN4O2S. The topological polar surface area (TPSA) is 73.0 Å². The van der Waals surface area contributed by atoms with Crippen LogP contribution in [0.1, 0.15) is 25.6 Å². The van der Waals surface area contributed by atoms with Gasteiger partial charge in [-0.2, -0.15) is 0 Å². The normalized spacial score (nSPS) is 15.0. The second-order valence-electron chi connectivity index (χ2n) is 6.34. The second-order valence-corrected chi connectivity index (χ2v) is 7.98. The van der Waals surface area contributed by atoms with Crippen molar-refractivity contribution in [3.05, 3.63) is 58.9 Å². The molecule has 2 aromatic carbocycles. The molecule has 0 spiro atoms. The van der Waals surface area contributed by atoms with Crippen molar-refractivity contribution in [1.82, 2.24) is 10.1 Å². The van der Waals surface area contributed by atoms with Crippen LogP contribution >= 0.6 is 23.4 Å². The molecule has 0 radical (unpaired) electrons. The van der Waals surface area contributed by atoms with Gasteiger partial charge >= 0.3 is 0 Å². The molecule has 1 amide bonds. The molecule has 0 saturated carbocycles. The third-order valence-electron chi connectivity index (χ3n) is 4.59. The van der Waals surface area contributed by atoms with Crippen molar-refractivity contribution in [3.63, 3.8) is 0 Å². The number of carbonyl (C=O) groups excluding carboxylic acids is 1. The van der Waals surface area contributed by atoms with Gasteiger partial charge < -0.3 is 5.11 Å². The predicted molar refractivity (Wildman–Crippen MR) is 106 cm³/mol. The Balaban J connectivity index is 2.11. The number of carbonyl (C=O) groups is 1. The van der Waals surface area contributed by atoms with E-state index in [-0.39, 0.29) is 27.3 Å². The molecule has 148 valence electrons. The Hall–Kier alpha value is -2.71. The molecule has 2 heterocycles. The number of benzene rings is 2. The first-order chi connectivity index (χ1) is 13.9. The van der Waals surface area contributed by atoms with Crippen molar-refractivity contribution >= 4 is 35.0 Å². The highest BCUT2D eigenvalue weighted by atomic mass is 35.5. The van der Waals surface area contributed by atoms with Gasteiger partial charge in [0, 0.05) is 12.0 Å². The number of rotatable bonds is 3. The van der Waals surface area contributed by atoms with Crippen LogP contribution in [0.5, 0.6) is 5.88 Å². The monoisotopic (exact) mass is 430 g/mol. The second kappa shape index (κ2) is 7.61. The first kappa shape index (κ1) is 19.6. The minimum atomic E-state index is -1.06. The number of anilines is 1. The minimum Gasteiger partial charge on any atom is -0.854 e. The Morgan fingerprint density at radius 1 is 1.31 bits per heavy atom. The van der Waals surface area contributed by atoms with Gasteiger partial charge in [-0.1, -0.05) is 53.2 Å². The molecule has 0 N–H and O–H groups in total. The number of para-hydroxylation sites is 1. The summed E-state index contributed by atoms with van der Waals surface area (Å²) in [6.45, 7) is 3.29. The van der Waals surface area contributed by atoms with Crippen molar-refractivity contribution in [1.29, 1.82) is 0 Å². The summed E-state index contributed by atoms with van der Waals surface area (Å²) >= 11 is 7.63. The summed E-state index contributed by atoms with van der Waals surface area (Å²) in [5.74, 6) is -0.779. The van der Waals surface area contributed by atoms with Crippen molar-refractivity contribution in [2.75, 3.05) is 10.7 Å². The summed E-state index contributed by atoms with van der Waals surface area (Å²) in [4.78, 5) is 18.2. The van der Waals surface area contributed by atoms with Crippen molar-refractivity contribution in [2.24, 2.45) is 0 Å². The SMILES string of the molecule is CCSc1nc([O-])c2[n+](n1)C(c1c(F)cccc1Cl)N(C(C)=O)c1ccccc1-2. The van der Waals surface area contributed by atoms with Crippen molar-refractivity contribution in [3.8, 4) is 17.1 Å². The number of fused-ring (bicyclic) bond motifs is 3. The van der Waals surface area contributed by atoms with Gasteiger partial charge in [-0.05, 0) is 30.0 Å². The molecule has 0 bridgehead atoms. The van der Waals surface area contributed by atoms with E-state index in [1.165, 1.54) is 40.4 Å². The molecule has 9 heteroatoms. The van der Waals surface area contributed by atoms with Crippen LogP contribution in [0.3, 0.4) is 0 Å². The fourth-order valence-corrected chi connectivity index (χ4v) is 4.30. The summed E-state index contributed by atoms with van der Waals surface area (Å²) in [5.41, 5.74) is 1.23. The van der Waals surface area contributed by atoms with E-state index in [1.54, 1.807) is 30.3 Å². The van der Waals surface area contributed by atoms with Gasteiger partial charge in [0.25, 0.3) is 17.0 Å². The van der Waals surface area contributed by atoms with E-state index in [0.717, 1.165) is 0 Å². The predicted octanol–water partition coefficient (Wildman–Crippen LogP) is 3.32. The Bertz CT molecular complexity index is 1110. The lowest BCUT2D eigenvalue weighted by molar-refractivity contribution is -0.764. The number of amides is 1. The van der Waals surface area contributed by atoms with Crippen LogP contribution in [0.25, 0.3) is 11.3 Å². The van der Waals surface area contributed by atoms with Gasteiger partial charge in [0.1, 0.15) is 5.82 Å². The maximum Gasteiger partial charge on any atom is 0.297 e. The maximum absolute atomic E-state index is 14.9. The molecule has 0 aliphatic carbocycles. The fourth-order valence-electron chi connectivity index (χ4n) is 3.48. The van der Waals surface area contributed by atoms with E-state index >= 15 is 0 Å². The smallest absolute Gasteiger partial charge is 0.297 e. The summed E-state index contributed by atoms with van der Waals surface area (Å²) in [7, 11) is 0. The Morgan fingerprint density at radius 2 is 2.07 bits per heavy atom. The van der Waals surface area contributed by atoms with Crippen LogP contribution in [0.4, 0.5) is 10.1 Å². The number of thioether (sulfide) groups is 1. The highest BCUT2D eigenvalue weighted by molar-refractivity contribution is 7.99. The molecule has 29 heavy (non-hydrogen) atoms. The maximum atomic E-state index is 14.9. The summed E-state index contributed by atoms with van der Waals surface area (Å²) in [6.07, 6.45) is -1.06. The van der Waals surface area contributed by atoms with E-state index < -0.39 is 17.9 Å². The van der Waals surface area contributed by atoms with Gasteiger partial charge in [0.05, 0.1) is 27.7 Å². The van der Waals surface area contributed by atoms with E-state index in [9.17, 15) is 14.3 Å². The highest BCUT2D eigenvalue weighted by Crippen LogP contribution is 2.42. The van der Waals surface area contributed by atoms with Gasteiger partial charge in [0.15, 0.2) is 0 Å². The molecular weight excluding hydrogens is 415 g/mol. The highest BCUT2D eigenvalue weighted by Gasteiger charge is 2.46. The number of nitrogens with zero attached hydrogens (tertiary/aromatic N) is 4. The van der Waals surface area contributed by atoms with Crippen LogP contribution in [0, 0.1) is 5.82 Å². The number of halogens is 2. The fraction of sp³-hybridized carbons (Fsp3) is 0.200. The number of hydrogen-bond donors (Lipinski definition) is 0. The largest absolute Gasteiger partial charge is 0.854 e. The van der Waals surface area contributed by atoms with Crippen LogP contribution in [-0.2, 0) is 4.79 Å². The molecule has 1 aromatic heterocycles. The Kier molecular flexibility index (Phi) is 5.14. The average molecular weight is 431 g/mol. The molecule has 4 rings (SSSR count). The summed E-state index contributed by atoms with van der Waals surface area (Å²) < 4.78 is 16.3. The van der Waals surface area contributed by atoms with E-state index in [0.29, 0.717) is 17.0 Å². The molecule has 1 aliphatic heterocycles. The average Bonchev–Trinajstić information content (AvgIpc) is 2.67. The van der Waals surface area contributed by atoms with E-state index in [1.807, 2.05) is 6.92 Å². The lowest BCUT2D eigenvalue weighted by atomic mass is 10.0. The van der Waals surface area contributed by atoms with Crippen LogP contribution in [-0.4, -0.2) is 21.7 Å². The number of hydrogen-bond acceptors (Lipinski definition) is 5. The Labute approximate surface area is 176 Å². The van der Waals surface area contributed by atoms with Gasteiger partial charge in [-0.15, -0.1) is 0 Å². The van der Waals surface area contributed by atoms with Gasteiger partial charge in [0.2, 0.25) is 5.91 Å². The molecule has 6 nitrogen and oxygen atoms in total. The molecule has 0 fully saturated rings. The summed E-state index contributed by atoms with van der Waals surface area (Å²) in [5, 5.41) is 17.8. The lowest BCUT2D eigenvalue weighted by Gasteiger charge is -2.33. The molecule has 1 unspecified atom stereocenters. The third kappa shape index (κ3) is 3.22. The minimum absolute atomic E-state index is 0.0654. The standard InChI is InChI=1S/C20H16ClFN4O2S/c1-3-29-20-23-18(28)17-12-7-4-5-10-15(12)25(11(2)27)19(26(17)24-20)16-13(21)8-6-9-14(16)22/h4-10,19H,3H2,1-2H3. The quantitative estimate of drug-likeness (QED) is 0.470. The zero-order valence-electron chi connectivity index (χ0n) is 15.6. The van der Waals surface area contributed by atoms with Gasteiger partial charge in [-0.25, -0.2) is 14.3 Å². The molecule has 3 aromatic rings. The zero-order valence-corrected chi connectivity index (χ0v) is 17.2. The van der Waals surface area contributed by atoms with E-state index in [4.69, 9.17) is 11.6 Å². The lowest BCUT2D eigenvalue weighted by Crippen LogP contribution is -2.59. The summed E-state index contributed by atoms with van der Waals surface area (Å²) in [6, 6.07) is 11.2. The molecule has 1 atom stereocenters. The first-order valence-corrected chi connectivity index (χ1v) is 10.3. The number of aromatic nitrogens is 3. The molecule has 1 aliphatic rings. The zero-order chi connectivity index (χ0) is 20.7. The van der Waals surface area contributed by atoms with Gasteiger partial charge in [-0.3, -0.25) is 4.79 Å². The van der Waals surface area contributed by atoms with E-state index in [2.05, 4.69) is 10.1 Å². The first-order valence-electron chi connectivity index (χ1n) is 8.90. The van der Waals surface area contributed by atoms with Crippen LogP contribution < -0.4 is 14.7 Å². The van der Waals surface area contributed by atoms with Crippen molar-refractivity contribution < 1.29 is 19.0 Å². The molecule has 0 saturated heterocycles. The Morgan fingerprint density at radius 3 is 2.76 bits per heavy atom.